The van der Waals surface area contributed by atoms with Gasteiger partial charge in [0.05, 0.1) is 11.6 Å². The maximum Gasteiger partial charge on any atom is 0.254 e. The van der Waals surface area contributed by atoms with E-state index in [1.807, 2.05) is 0 Å². The third kappa shape index (κ3) is 3.64. The van der Waals surface area contributed by atoms with E-state index in [0.717, 1.165) is 23.7 Å². The molecule has 1 aromatic heterocycles. The highest BCUT2D eigenvalue weighted by Crippen LogP contribution is 2.31. The summed E-state index contributed by atoms with van der Waals surface area (Å²) in [6, 6.07) is 2.21. The molecule has 0 saturated carbocycles. The largest absolute Gasteiger partial charge is 0.337 e. The number of carbonyl (C=O) groups excluding carboxylic acids is 1. The summed E-state index contributed by atoms with van der Waals surface area (Å²) in [6.45, 7) is 10.9. The average molecular weight is 364 g/mol. The van der Waals surface area contributed by atoms with Crippen LogP contribution < -0.4 is 5.56 Å². The summed E-state index contributed by atoms with van der Waals surface area (Å²) in [5.41, 5.74) is 0.625. The topological polar surface area (TPSA) is 55.2 Å². The first-order valence-corrected chi connectivity index (χ1v) is 10.2. The van der Waals surface area contributed by atoms with Gasteiger partial charge in [0.25, 0.3) is 5.56 Å². The van der Waals surface area contributed by atoms with Crippen LogP contribution in [0.1, 0.15) is 59.6 Å². The first kappa shape index (κ1) is 18.5. The van der Waals surface area contributed by atoms with Gasteiger partial charge in [-0.15, -0.1) is 0 Å². The summed E-state index contributed by atoms with van der Waals surface area (Å²) in [7, 11) is 0. The Morgan fingerprint density at radius 3 is 2.48 bits per heavy atom. The van der Waals surface area contributed by atoms with E-state index in [1.54, 1.807) is 22.4 Å². The highest BCUT2D eigenvalue weighted by molar-refractivity contribution is 7.99. The molecule has 0 aromatic carbocycles. The Kier molecular flexibility index (Phi) is 5.02. The molecule has 138 valence electrons. The molecule has 0 radical (unpaired) electrons. The van der Waals surface area contributed by atoms with Crippen LogP contribution >= 0.6 is 11.8 Å². The van der Waals surface area contributed by atoms with Crippen LogP contribution in [0.5, 0.6) is 0 Å². The average Bonchev–Trinajstić information content (AvgIpc) is 2.53. The molecular weight excluding hydrogens is 334 g/mol. The molecule has 3 rings (SSSR count). The molecule has 5 nitrogen and oxygen atoms in total. The van der Waals surface area contributed by atoms with E-state index in [4.69, 9.17) is 0 Å². The summed E-state index contributed by atoms with van der Waals surface area (Å²) in [6.07, 6.45) is 3.33. The second kappa shape index (κ2) is 6.78. The van der Waals surface area contributed by atoms with Crippen molar-refractivity contribution >= 4 is 17.7 Å². The summed E-state index contributed by atoms with van der Waals surface area (Å²) in [5.74, 6) is 0.763. The zero-order valence-electron chi connectivity index (χ0n) is 15.9. The number of likely N-dealkylation sites (tertiary alicyclic amines) is 1. The molecule has 1 amide bonds. The molecular formula is C19H29N3O2S. The van der Waals surface area contributed by atoms with Gasteiger partial charge < -0.3 is 4.90 Å². The molecule has 3 unspecified atom stereocenters. The van der Waals surface area contributed by atoms with Gasteiger partial charge in [-0.2, -0.15) is 0 Å². The van der Waals surface area contributed by atoms with Gasteiger partial charge in [-0.3, -0.25) is 14.2 Å². The van der Waals surface area contributed by atoms with E-state index in [2.05, 4.69) is 44.5 Å². The summed E-state index contributed by atoms with van der Waals surface area (Å²) >= 11 is 1.54. The van der Waals surface area contributed by atoms with E-state index in [-0.39, 0.29) is 22.8 Å². The molecule has 2 aliphatic rings. The smallest absolute Gasteiger partial charge is 0.254 e. The van der Waals surface area contributed by atoms with Gasteiger partial charge in [0.1, 0.15) is 0 Å². The molecule has 1 saturated heterocycles. The Labute approximate surface area is 154 Å². The van der Waals surface area contributed by atoms with Crippen molar-refractivity contribution in [3.8, 4) is 0 Å². The Hall–Kier alpha value is -1.30. The molecule has 6 heteroatoms. The lowest BCUT2D eigenvalue weighted by Crippen LogP contribution is -2.52. The lowest BCUT2D eigenvalue weighted by atomic mass is 9.92. The Bertz CT molecular complexity index is 712. The fourth-order valence-corrected chi connectivity index (χ4v) is 4.89. The predicted molar refractivity (Wildman–Crippen MR) is 101 cm³/mol. The lowest BCUT2D eigenvalue weighted by molar-refractivity contribution is -0.141. The zero-order valence-corrected chi connectivity index (χ0v) is 16.7. The van der Waals surface area contributed by atoms with Crippen molar-refractivity contribution in [3.05, 3.63) is 22.1 Å². The summed E-state index contributed by atoms with van der Waals surface area (Å²) in [4.78, 5) is 32.4. The maximum absolute atomic E-state index is 13.1. The molecule has 1 aromatic rings. The van der Waals surface area contributed by atoms with E-state index in [0.29, 0.717) is 24.4 Å². The van der Waals surface area contributed by atoms with Crippen LogP contribution in [0.4, 0.5) is 0 Å². The first-order chi connectivity index (χ1) is 11.7. The monoisotopic (exact) mass is 363 g/mol. The second-order valence-electron chi connectivity index (χ2n) is 8.51. The summed E-state index contributed by atoms with van der Waals surface area (Å²) in [5, 5.41) is 0.751. The Morgan fingerprint density at radius 1 is 1.24 bits per heavy atom. The number of piperidine rings is 1. The van der Waals surface area contributed by atoms with Crippen molar-refractivity contribution in [1.82, 2.24) is 14.5 Å². The molecule has 0 N–H and O–H groups in total. The number of rotatable bonds is 1. The number of hydrogen-bond donors (Lipinski definition) is 0. The molecule has 1 fully saturated rings. The van der Waals surface area contributed by atoms with Crippen LogP contribution in [0.15, 0.2) is 16.0 Å². The van der Waals surface area contributed by atoms with Gasteiger partial charge in [0.2, 0.25) is 5.91 Å². The van der Waals surface area contributed by atoms with Crippen LogP contribution in [-0.4, -0.2) is 38.2 Å². The number of nitrogens with zero attached hydrogens (tertiary/aromatic N) is 3. The summed E-state index contributed by atoms with van der Waals surface area (Å²) < 4.78 is 1.69. The molecule has 2 aliphatic heterocycles. The fraction of sp³-hybridized carbons (Fsp3) is 0.737. The van der Waals surface area contributed by atoms with Crippen LogP contribution in [0, 0.1) is 5.92 Å². The van der Waals surface area contributed by atoms with Gasteiger partial charge in [0, 0.05) is 35.9 Å². The SMILES string of the molecule is CC1CCCC(C)N1C(=O)C1CSc2nc(C(C)(C)C)cc(=O)n2C1. The van der Waals surface area contributed by atoms with Crippen molar-refractivity contribution < 1.29 is 4.79 Å². The third-order valence-corrected chi connectivity index (χ3v) is 6.49. The van der Waals surface area contributed by atoms with Gasteiger partial charge >= 0.3 is 0 Å². The van der Waals surface area contributed by atoms with E-state index < -0.39 is 0 Å². The molecule has 0 aliphatic carbocycles. The van der Waals surface area contributed by atoms with Crippen molar-refractivity contribution in [2.45, 2.75) is 83.1 Å². The van der Waals surface area contributed by atoms with E-state index in [1.165, 1.54) is 6.42 Å². The minimum atomic E-state index is -0.152. The number of fused-ring (bicyclic) bond motifs is 1. The molecule has 0 bridgehead atoms. The maximum atomic E-state index is 13.1. The normalized spacial score (nSPS) is 27.1. The van der Waals surface area contributed by atoms with Crippen molar-refractivity contribution in [2.75, 3.05) is 5.75 Å². The Balaban J connectivity index is 1.84. The van der Waals surface area contributed by atoms with Gasteiger partial charge in [-0.1, -0.05) is 32.5 Å². The van der Waals surface area contributed by atoms with Gasteiger partial charge in [-0.25, -0.2) is 4.98 Å². The predicted octanol–water partition coefficient (Wildman–Crippen LogP) is 3.05. The number of carbonyl (C=O) groups is 1. The highest BCUT2D eigenvalue weighted by atomic mass is 32.2. The molecule has 0 spiro atoms. The first-order valence-electron chi connectivity index (χ1n) is 9.26. The standard InChI is InChI=1S/C19H29N3O2S/c1-12-7-6-8-13(2)22(12)17(24)14-10-21-16(23)9-15(19(3,4)5)20-18(21)25-11-14/h9,12-14H,6-8,10-11H2,1-5H3. The number of amides is 1. The third-order valence-electron chi connectivity index (χ3n) is 5.36. The molecule has 3 atom stereocenters. The lowest BCUT2D eigenvalue weighted by Gasteiger charge is -2.41. The van der Waals surface area contributed by atoms with Crippen molar-refractivity contribution in [2.24, 2.45) is 5.92 Å². The van der Waals surface area contributed by atoms with Crippen molar-refractivity contribution in [3.63, 3.8) is 0 Å². The Morgan fingerprint density at radius 2 is 1.88 bits per heavy atom. The number of aromatic nitrogens is 2. The van der Waals surface area contributed by atoms with Gasteiger partial charge in [0.15, 0.2) is 5.16 Å². The quantitative estimate of drug-likeness (QED) is 0.720. The highest BCUT2D eigenvalue weighted by Gasteiger charge is 2.36. The van der Waals surface area contributed by atoms with Crippen LogP contribution in [0.3, 0.4) is 0 Å². The minimum Gasteiger partial charge on any atom is -0.337 e. The van der Waals surface area contributed by atoms with Crippen molar-refractivity contribution in [1.29, 1.82) is 0 Å². The van der Waals surface area contributed by atoms with Gasteiger partial charge in [-0.05, 0) is 33.1 Å². The molecule has 25 heavy (non-hydrogen) atoms. The van der Waals surface area contributed by atoms with Crippen LogP contribution in [0.25, 0.3) is 0 Å². The second-order valence-corrected chi connectivity index (χ2v) is 9.49. The zero-order chi connectivity index (χ0) is 18.4. The number of hydrogen-bond acceptors (Lipinski definition) is 4. The number of thioether (sulfide) groups is 1. The fourth-order valence-electron chi connectivity index (χ4n) is 3.81. The molecule has 3 heterocycles. The van der Waals surface area contributed by atoms with Crippen LogP contribution in [0.2, 0.25) is 0 Å². The van der Waals surface area contributed by atoms with E-state index in [9.17, 15) is 9.59 Å². The van der Waals surface area contributed by atoms with Crippen LogP contribution in [-0.2, 0) is 16.8 Å². The van der Waals surface area contributed by atoms with E-state index >= 15 is 0 Å². The minimum absolute atomic E-state index is 0.0420.